The molecule has 0 fully saturated rings. The second-order valence-electron chi connectivity index (χ2n) is 3.91. The highest BCUT2D eigenvalue weighted by Gasteiger charge is 2.08. The Balaban J connectivity index is 2.31. The van der Waals surface area contributed by atoms with Crippen molar-refractivity contribution in [2.24, 2.45) is 0 Å². The molecule has 0 bridgehead atoms. The Bertz CT molecular complexity index is 598. The Morgan fingerprint density at radius 2 is 1.25 bits per heavy atom. The van der Waals surface area contributed by atoms with Crippen molar-refractivity contribution in [2.45, 2.75) is 0 Å². The minimum absolute atomic E-state index is 0.473. The van der Waals surface area contributed by atoms with Gasteiger partial charge in [-0.3, -0.25) is 19.6 Å². The first-order chi connectivity index (χ1) is 9.54. The number of carboxylic acids is 2. The largest absolute Gasteiger partial charge is 0.481 e. The number of hydrogen-bond acceptors (Lipinski definition) is 4. The Morgan fingerprint density at radius 1 is 0.850 bits per heavy atom. The van der Waals surface area contributed by atoms with Crippen molar-refractivity contribution in [3.05, 3.63) is 60.6 Å². The summed E-state index contributed by atoms with van der Waals surface area (Å²) in [4.78, 5) is 29.5. The normalized spacial score (nSPS) is 10.2. The van der Waals surface area contributed by atoms with Crippen molar-refractivity contribution in [2.75, 3.05) is 0 Å². The lowest BCUT2D eigenvalue weighted by atomic mass is 10.1. The lowest BCUT2D eigenvalue weighted by Crippen LogP contribution is -1.99. The lowest BCUT2D eigenvalue weighted by Gasteiger charge is -2.04. The minimum atomic E-state index is -1.05. The topological polar surface area (TPSA) is 100 Å². The van der Waals surface area contributed by atoms with Gasteiger partial charge < -0.3 is 10.2 Å². The second kappa shape index (κ2) is 5.92. The molecule has 2 rings (SSSR count). The summed E-state index contributed by atoms with van der Waals surface area (Å²) in [5.41, 5.74) is 1.91. The van der Waals surface area contributed by atoms with E-state index in [1.54, 1.807) is 24.3 Å². The number of carboxylic acid groups (broad SMARTS) is 2. The van der Waals surface area contributed by atoms with Gasteiger partial charge in [0.15, 0.2) is 0 Å². The maximum Gasteiger partial charge on any atom is 0.312 e. The lowest BCUT2D eigenvalue weighted by molar-refractivity contribution is -0.133. The molecule has 2 aromatic heterocycles. The van der Waals surface area contributed by atoms with E-state index in [9.17, 15) is 9.59 Å². The SMILES string of the molecule is O=C(O)[CH]c1ccnc(-c2cc([CH]C(=O)O)ccn2)c1. The first-order valence-electron chi connectivity index (χ1n) is 5.62. The zero-order valence-corrected chi connectivity index (χ0v) is 10.2. The van der Waals surface area contributed by atoms with Crippen LogP contribution in [0.15, 0.2) is 36.7 Å². The van der Waals surface area contributed by atoms with Gasteiger partial charge in [-0.2, -0.15) is 0 Å². The van der Waals surface area contributed by atoms with Gasteiger partial charge in [0.2, 0.25) is 0 Å². The molecule has 0 aliphatic rings. The van der Waals surface area contributed by atoms with E-state index in [0.717, 1.165) is 12.8 Å². The van der Waals surface area contributed by atoms with Crippen LogP contribution >= 0.6 is 0 Å². The van der Waals surface area contributed by atoms with Gasteiger partial charge in [-0.1, -0.05) is 0 Å². The zero-order chi connectivity index (χ0) is 14.5. The van der Waals surface area contributed by atoms with Crippen molar-refractivity contribution in [1.29, 1.82) is 0 Å². The molecule has 0 atom stereocenters. The average Bonchev–Trinajstić information content (AvgIpc) is 2.38. The molecule has 0 aliphatic heterocycles. The van der Waals surface area contributed by atoms with Gasteiger partial charge in [-0.25, -0.2) is 0 Å². The predicted octanol–water partition coefficient (Wildman–Crippen LogP) is 1.42. The predicted molar refractivity (Wildman–Crippen MR) is 69.5 cm³/mol. The molecule has 2 radical (unpaired) electrons. The van der Waals surface area contributed by atoms with Gasteiger partial charge >= 0.3 is 11.9 Å². The number of nitrogens with zero attached hydrogens (tertiary/aromatic N) is 2. The van der Waals surface area contributed by atoms with E-state index in [1.807, 2.05) is 0 Å². The zero-order valence-electron chi connectivity index (χ0n) is 10.2. The molecular formula is C14H10N2O4. The van der Waals surface area contributed by atoms with Crippen LogP contribution in [0.4, 0.5) is 0 Å². The summed E-state index contributed by atoms with van der Waals surface area (Å²) in [7, 11) is 0. The third kappa shape index (κ3) is 3.61. The Labute approximate surface area is 114 Å². The maximum atomic E-state index is 10.6. The molecular weight excluding hydrogens is 260 g/mol. The van der Waals surface area contributed by atoms with Crippen molar-refractivity contribution >= 4 is 11.9 Å². The van der Waals surface area contributed by atoms with Gasteiger partial charge in [0.05, 0.1) is 24.2 Å². The molecule has 6 nitrogen and oxygen atoms in total. The van der Waals surface area contributed by atoms with Crippen LogP contribution in [0.2, 0.25) is 0 Å². The van der Waals surface area contributed by atoms with Gasteiger partial charge in [0.1, 0.15) is 0 Å². The van der Waals surface area contributed by atoms with E-state index in [0.29, 0.717) is 22.5 Å². The molecule has 0 amide bonds. The van der Waals surface area contributed by atoms with Gasteiger partial charge in [0.25, 0.3) is 0 Å². The van der Waals surface area contributed by atoms with Crippen LogP contribution < -0.4 is 0 Å². The molecule has 0 saturated heterocycles. The Kier molecular flexibility index (Phi) is 4.05. The second-order valence-corrected chi connectivity index (χ2v) is 3.91. The first-order valence-corrected chi connectivity index (χ1v) is 5.62. The van der Waals surface area contributed by atoms with Crippen LogP contribution in [-0.2, 0) is 9.59 Å². The quantitative estimate of drug-likeness (QED) is 0.852. The van der Waals surface area contributed by atoms with Crippen LogP contribution in [0, 0.1) is 12.8 Å². The van der Waals surface area contributed by atoms with Crippen molar-refractivity contribution in [1.82, 2.24) is 9.97 Å². The van der Waals surface area contributed by atoms with E-state index in [-0.39, 0.29) is 0 Å². The third-order valence-corrected chi connectivity index (χ3v) is 2.41. The van der Waals surface area contributed by atoms with Crippen LogP contribution in [-0.4, -0.2) is 32.1 Å². The minimum Gasteiger partial charge on any atom is -0.481 e. The summed E-state index contributed by atoms with van der Waals surface area (Å²) in [5.74, 6) is -2.11. The molecule has 20 heavy (non-hydrogen) atoms. The highest BCUT2D eigenvalue weighted by molar-refractivity contribution is 5.82. The summed E-state index contributed by atoms with van der Waals surface area (Å²) in [5, 5.41) is 17.4. The smallest absolute Gasteiger partial charge is 0.312 e. The van der Waals surface area contributed by atoms with E-state index >= 15 is 0 Å². The number of rotatable bonds is 5. The molecule has 0 aromatic carbocycles. The molecule has 2 aromatic rings. The molecule has 2 N–H and O–H groups in total. The molecule has 0 saturated carbocycles. The van der Waals surface area contributed by atoms with Crippen molar-refractivity contribution in [3.8, 4) is 11.4 Å². The molecule has 6 heteroatoms. The highest BCUT2D eigenvalue weighted by atomic mass is 16.4. The molecule has 0 unspecified atom stereocenters. The molecule has 0 spiro atoms. The van der Waals surface area contributed by atoms with E-state index in [4.69, 9.17) is 10.2 Å². The summed E-state index contributed by atoms with van der Waals surface area (Å²) in [6, 6.07) is 6.26. The van der Waals surface area contributed by atoms with Crippen LogP contribution in [0.5, 0.6) is 0 Å². The summed E-state index contributed by atoms with van der Waals surface area (Å²) >= 11 is 0. The van der Waals surface area contributed by atoms with Crippen LogP contribution in [0.1, 0.15) is 11.1 Å². The molecule has 0 aliphatic carbocycles. The van der Waals surface area contributed by atoms with Crippen LogP contribution in [0.25, 0.3) is 11.4 Å². The molecule has 2 heterocycles. The van der Waals surface area contributed by atoms with Gasteiger partial charge in [-0.05, 0) is 35.4 Å². The first kappa shape index (κ1) is 13.7. The fourth-order valence-corrected chi connectivity index (χ4v) is 1.64. The monoisotopic (exact) mass is 270 g/mol. The highest BCUT2D eigenvalue weighted by Crippen LogP contribution is 2.18. The standard InChI is InChI=1S/C14H10N2O4/c17-13(18)7-9-1-3-15-11(5-9)12-6-10(2-4-16-12)8-14(19)20/h1-8H,(H,17,18)(H,19,20). The third-order valence-electron chi connectivity index (χ3n) is 2.41. The van der Waals surface area contributed by atoms with Gasteiger partial charge in [-0.15, -0.1) is 0 Å². The fourth-order valence-electron chi connectivity index (χ4n) is 1.64. The van der Waals surface area contributed by atoms with E-state index in [2.05, 4.69) is 9.97 Å². The van der Waals surface area contributed by atoms with E-state index < -0.39 is 11.9 Å². The Hall–Kier alpha value is -2.76. The summed E-state index contributed by atoms with van der Waals surface area (Å²) in [6.45, 7) is 0. The van der Waals surface area contributed by atoms with Crippen molar-refractivity contribution < 1.29 is 19.8 Å². The van der Waals surface area contributed by atoms with Gasteiger partial charge in [0, 0.05) is 12.4 Å². The van der Waals surface area contributed by atoms with E-state index in [1.165, 1.54) is 12.4 Å². The number of carbonyl (C=O) groups is 2. The number of aliphatic carboxylic acids is 2. The summed E-state index contributed by atoms with van der Waals surface area (Å²) in [6.07, 6.45) is 5.05. The molecule has 100 valence electrons. The number of hydrogen-bond donors (Lipinski definition) is 2. The fraction of sp³-hybridized carbons (Fsp3) is 0. The summed E-state index contributed by atoms with van der Waals surface area (Å²) < 4.78 is 0. The Morgan fingerprint density at radius 3 is 1.60 bits per heavy atom. The van der Waals surface area contributed by atoms with Crippen molar-refractivity contribution in [3.63, 3.8) is 0 Å². The van der Waals surface area contributed by atoms with Crippen LogP contribution in [0.3, 0.4) is 0 Å². The average molecular weight is 270 g/mol. The number of aromatic nitrogens is 2. The maximum absolute atomic E-state index is 10.6. The number of pyridine rings is 2.